The summed E-state index contributed by atoms with van der Waals surface area (Å²) < 4.78 is 3.97. The molecule has 0 unspecified atom stereocenters. The summed E-state index contributed by atoms with van der Waals surface area (Å²) in [5.41, 5.74) is 2.36. The van der Waals surface area contributed by atoms with Crippen LogP contribution in [-0.4, -0.2) is 19.6 Å². The Labute approximate surface area is 114 Å². The number of nitrogens with zero attached hydrogens (tertiary/aromatic N) is 4. The maximum absolute atomic E-state index is 4.55. The molecule has 0 radical (unpaired) electrons. The van der Waals surface area contributed by atoms with E-state index in [2.05, 4.69) is 55.6 Å². The van der Waals surface area contributed by atoms with Gasteiger partial charge in [-0.2, -0.15) is 10.2 Å². The van der Waals surface area contributed by atoms with Gasteiger partial charge in [-0.3, -0.25) is 9.36 Å². The van der Waals surface area contributed by atoms with Crippen molar-refractivity contribution in [2.45, 2.75) is 53.2 Å². The first-order valence-electron chi connectivity index (χ1n) is 6.91. The largest absolute Gasteiger partial charge is 0.364 e. The second kappa shape index (κ2) is 5.91. The van der Waals surface area contributed by atoms with Gasteiger partial charge in [-0.25, -0.2) is 0 Å². The Balaban J connectivity index is 1.97. The summed E-state index contributed by atoms with van der Waals surface area (Å²) in [5.74, 6) is 0.956. The number of anilines is 1. The van der Waals surface area contributed by atoms with E-state index in [9.17, 15) is 0 Å². The van der Waals surface area contributed by atoms with Crippen LogP contribution in [0.2, 0.25) is 0 Å². The summed E-state index contributed by atoms with van der Waals surface area (Å²) in [6.45, 7) is 10.2. The maximum Gasteiger partial charge on any atom is 0.151 e. The summed E-state index contributed by atoms with van der Waals surface area (Å²) >= 11 is 0. The van der Waals surface area contributed by atoms with Crippen LogP contribution in [0.5, 0.6) is 0 Å². The number of aryl methyl sites for hydroxylation is 2. The van der Waals surface area contributed by atoms with Crippen molar-refractivity contribution in [3.05, 3.63) is 29.7 Å². The molecule has 0 spiro atoms. The quantitative estimate of drug-likeness (QED) is 0.869. The van der Waals surface area contributed by atoms with Crippen molar-refractivity contribution in [3.63, 3.8) is 0 Å². The first-order chi connectivity index (χ1) is 9.10. The zero-order valence-electron chi connectivity index (χ0n) is 12.2. The van der Waals surface area contributed by atoms with Crippen LogP contribution < -0.4 is 5.32 Å². The Morgan fingerprint density at radius 3 is 2.74 bits per heavy atom. The van der Waals surface area contributed by atoms with E-state index >= 15 is 0 Å². The molecule has 0 saturated heterocycles. The minimum absolute atomic E-state index is 0.390. The van der Waals surface area contributed by atoms with Crippen LogP contribution in [0.15, 0.2) is 18.6 Å². The average molecular weight is 261 g/mol. The van der Waals surface area contributed by atoms with Crippen molar-refractivity contribution in [2.75, 3.05) is 5.32 Å². The molecule has 0 fully saturated rings. The molecule has 2 aromatic rings. The zero-order valence-corrected chi connectivity index (χ0v) is 12.2. The number of aromatic nitrogens is 4. The Kier molecular flexibility index (Phi) is 4.24. The molecule has 0 aromatic carbocycles. The van der Waals surface area contributed by atoms with E-state index in [1.54, 1.807) is 0 Å². The van der Waals surface area contributed by atoms with Crippen molar-refractivity contribution in [2.24, 2.45) is 0 Å². The summed E-state index contributed by atoms with van der Waals surface area (Å²) in [7, 11) is 0. The van der Waals surface area contributed by atoms with Crippen LogP contribution in [0.4, 0.5) is 5.82 Å². The highest BCUT2D eigenvalue weighted by molar-refractivity contribution is 5.42. The van der Waals surface area contributed by atoms with E-state index in [1.807, 2.05) is 15.6 Å². The van der Waals surface area contributed by atoms with E-state index in [0.717, 1.165) is 25.3 Å². The molecule has 0 atom stereocenters. The first kappa shape index (κ1) is 13.6. The predicted molar refractivity (Wildman–Crippen MR) is 77.2 cm³/mol. The zero-order chi connectivity index (χ0) is 13.8. The van der Waals surface area contributed by atoms with Crippen LogP contribution in [0, 0.1) is 6.92 Å². The Bertz CT molecular complexity index is 524. The number of hydrogen-bond acceptors (Lipinski definition) is 3. The van der Waals surface area contributed by atoms with Gasteiger partial charge >= 0.3 is 0 Å². The van der Waals surface area contributed by atoms with Gasteiger partial charge in [0.15, 0.2) is 5.82 Å². The van der Waals surface area contributed by atoms with Crippen molar-refractivity contribution in [1.29, 1.82) is 0 Å². The van der Waals surface area contributed by atoms with Crippen molar-refractivity contribution in [3.8, 4) is 0 Å². The van der Waals surface area contributed by atoms with Gasteiger partial charge in [-0.1, -0.05) is 6.92 Å². The van der Waals surface area contributed by atoms with Crippen LogP contribution in [-0.2, 0) is 13.1 Å². The summed E-state index contributed by atoms with van der Waals surface area (Å²) in [6, 6.07) is 0.390. The fourth-order valence-electron chi connectivity index (χ4n) is 1.96. The monoisotopic (exact) mass is 261 g/mol. The molecule has 104 valence electrons. The fraction of sp³-hybridized carbons (Fsp3) is 0.571. The van der Waals surface area contributed by atoms with Gasteiger partial charge in [0.25, 0.3) is 0 Å². The number of rotatable bonds is 6. The molecule has 0 aliphatic rings. The first-order valence-corrected chi connectivity index (χ1v) is 6.91. The Hall–Kier alpha value is -1.78. The minimum atomic E-state index is 0.390. The lowest BCUT2D eigenvalue weighted by atomic mass is 10.3. The molecule has 0 amide bonds. The molecule has 5 heteroatoms. The number of nitrogens with one attached hydrogen (secondary N) is 1. The van der Waals surface area contributed by atoms with Gasteiger partial charge in [-0.15, -0.1) is 0 Å². The molecular formula is C14H23N5. The van der Waals surface area contributed by atoms with E-state index in [-0.39, 0.29) is 0 Å². The summed E-state index contributed by atoms with van der Waals surface area (Å²) in [4.78, 5) is 0. The lowest BCUT2D eigenvalue weighted by Crippen LogP contribution is -2.04. The van der Waals surface area contributed by atoms with Crippen molar-refractivity contribution < 1.29 is 0 Å². The highest BCUT2D eigenvalue weighted by Gasteiger charge is 2.07. The Morgan fingerprint density at radius 2 is 2.11 bits per heavy atom. The molecule has 0 bridgehead atoms. The molecule has 19 heavy (non-hydrogen) atoms. The van der Waals surface area contributed by atoms with Crippen LogP contribution in [0.25, 0.3) is 0 Å². The smallest absolute Gasteiger partial charge is 0.151 e. The normalized spacial score (nSPS) is 11.2. The minimum Gasteiger partial charge on any atom is -0.364 e. The molecule has 5 nitrogen and oxygen atoms in total. The van der Waals surface area contributed by atoms with E-state index in [4.69, 9.17) is 0 Å². The summed E-state index contributed by atoms with van der Waals surface area (Å²) in [5, 5.41) is 12.2. The molecule has 2 rings (SSSR count). The average Bonchev–Trinajstić information content (AvgIpc) is 2.94. The second-order valence-corrected chi connectivity index (χ2v) is 5.20. The molecule has 0 aliphatic carbocycles. The summed E-state index contributed by atoms with van der Waals surface area (Å²) in [6.07, 6.45) is 7.18. The van der Waals surface area contributed by atoms with Gasteiger partial charge in [0, 0.05) is 42.7 Å². The van der Waals surface area contributed by atoms with Gasteiger partial charge in [-0.05, 0) is 27.2 Å². The topological polar surface area (TPSA) is 47.7 Å². The van der Waals surface area contributed by atoms with Crippen molar-refractivity contribution >= 4 is 5.82 Å². The highest BCUT2D eigenvalue weighted by Crippen LogP contribution is 2.15. The second-order valence-electron chi connectivity index (χ2n) is 5.20. The van der Waals surface area contributed by atoms with Gasteiger partial charge in [0.05, 0.1) is 6.20 Å². The molecular weight excluding hydrogens is 238 g/mol. The lowest BCUT2D eigenvalue weighted by molar-refractivity contribution is 0.533. The third-order valence-corrected chi connectivity index (χ3v) is 3.04. The Morgan fingerprint density at radius 1 is 1.32 bits per heavy atom. The molecule has 0 aliphatic heterocycles. The van der Waals surface area contributed by atoms with E-state index in [0.29, 0.717) is 6.04 Å². The van der Waals surface area contributed by atoms with Gasteiger partial charge < -0.3 is 5.32 Å². The van der Waals surface area contributed by atoms with Gasteiger partial charge in [0.1, 0.15) is 0 Å². The van der Waals surface area contributed by atoms with Gasteiger partial charge in [0.2, 0.25) is 0 Å². The van der Waals surface area contributed by atoms with E-state index in [1.165, 1.54) is 11.1 Å². The third-order valence-electron chi connectivity index (χ3n) is 3.04. The highest BCUT2D eigenvalue weighted by atomic mass is 15.3. The number of hydrogen-bond donors (Lipinski definition) is 1. The SMILES string of the molecule is CCCn1cc(CNc2nn(C(C)C)cc2C)cn1. The predicted octanol–water partition coefficient (Wildman–Crippen LogP) is 2.99. The van der Waals surface area contributed by atoms with Crippen LogP contribution in [0.3, 0.4) is 0 Å². The third kappa shape index (κ3) is 3.36. The van der Waals surface area contributed by atoms with Crippen LogP contribution >= 0.6 is 0 Å². The van der Waals surface area contributed by atoms with Crippen molar-refractivity contribution in [1.82, 2.24) is 19.6 Å². The van der Waals surface area contributed by atoms with Crippen LogP contribution in [0.1, 0.15) is 44.4 Å². The standard InChI is InChI=1S/C14H23N5/c1-5-6-18-10-13(8-16-18)7-15-14-12(4)9-19(17-14)11(2)3/h8-11H,5-7H2,1-4H3,(H,15,17). The molecule has 1 N–H and O–H groups in total. The lowest BCUT2D eigenvalue weighted by Gasteiger charge is -2.04. The fourth-order valence-corrected chi connectivity index (χ4v) is 1.96. The van der Waals surface area contributed by atoms with E-state index < -0.39 is 0 Å². The maximum atomic E-state index is 4.55. The molecule has 0 saturated carbocycles. The molecule has 2 heterocycles. The molecule has 2 aromatic heterocycles.